The molecule has 1 saturated carbocycles. The average molecular weight is 214 g/mol. The van der Waals surface area contributed by atoms with E-state index in [1.54, 1.807) is 0 Å². The van der Waals surface area contributed by atoms with Crippen molar-refractivity contribution in [2.45, 2.75) is 38.5 Å². The normalized spacial score (nSPS) is 18.9. The van der Waals surface area contributed by atoms with Crippen molar-refractivity contribution in [3.05, 3.63) is 30.1 Å². The van der Waals surface area contributed by atoms with Gasteiger partial charge in [0.15, 0.2) is 0 Å². The standard InChI is InChI=1S/C14H18N2/c15-11-14(13-4-2-1-3-5-13)10-12-6-8-16-9-7-12/h6-9,13-14H,1-5,10H2. The van der Waals surface area contributed by atoms with E-state index in [1.807, 2.05) is 24.5 Å². The zero-order valence-corrected chi connectivity index (χ0v) is 9.60. The van der Waals surface area contributed by atoms with Crippen molar-refractivity contribution in [2.24, 2.45) is 11.8 Å². The van der Waals surface area contributed by atoms with Crippen LogP contribution in [0.5, 0.6) is 0 Å². The third-order valence-electron chi connectivity index (χ3n) is 3.59. The average Bonchev–Trinajstić information content (AvgIpc) is 2.38. The van der Waals surface area contributed by atoms with Crippen molar-refractivity contribution in [3.63, 3.8) is 0 Å². The Balaban J connectivity index is 1.98. The van der Waals surface area contributed by atoms with E-state index in [0.29, 0.717) is 5.92 Å². The Morgan fingerprint density at radius 1 is 1.25 bits per heavy atom. The van der Waals surface area contributed by atoms with Crippen LogP contribution in [-0.4, -0.2) is 4.98 Å². The van der Waals surface area contributed by atoms with Crippen LogP contribution in [0.15, 0.2) is 24.5 Å². The summed E-state index contributed by atoms with van der Waals surface area (Å²) in [6.07, 6.45) is 11.0. The summed E-state index contributed by atoms with van der Waals surface area (Å²) in [4.78, 5) is 4.01. The molecule has 1 aromatic rings. The quantitative estimate of drug-likeness (QED) is 0.773. The Kier molecular flexibility index (Phi) is 3.93. The number of hydrogen-bond donors (Lipinski definition) is 0. The topological polar surface area (TPSA) is 36.7 Å². The summed E-state index contributed by atoms with van der Waals surface area (Å²) in [6.45, 7) is 0. The Morgan fingerprint density at radius 2 is 1.94 bits per heavy atom. The third-order valence-corrected chi connectivity index (χ3v) is 3.59. The van der Waals surface area contributed by atoms with Gasteiger partial charge in [0.1, 0.15) is 0 Å². The summed E-state index contributed by atoms with van der Waals surface area (Å²) in [6, 6.07) is 6.54. The molecule has 0 bridgehead atoms. The van der Waals surface area contributed by atoms with Crippen LogP contribution in [0.25, 0.3) is 0 Å². The fraction of sp³-hybridized carbons (Fsp3) is 0.571. The highest BCUT2D eigenvalue weighted by molar-refractivity contribution is 5.13. The van der Waals surface area contributed by atoms with Crippen LogP contribution in [0.1, 0.15) is 37.7 Å². The van der Waals surface area contributed by atoms with Crippen LogP contribution < -0.4 is 0 Å². The highest BCUT2D eigenvalue weighted by atomic mass is 14.6. The molecule has 1 heterocycles. The summed E-state index contributed by atoms with van der Waals surface area (Å²) in [7, 11) is 0. The lowest BCUT2D eigenvalue weighted by atomic mass is 9.78. The van der Waals surface area contributed by atoms with E-state index in [2.05, 4.69) is 11.1 Å². The molecule has 84 valence electrons. The molecule has 2 heteroatoms. The number of pyridine rings is 1. The van der Waals surface area contributed by atoms with Gasteiger partial charge < -0.3 is 0 Å². The molecular formula is C14H18N2. The minimum Gasteiger partial charge on any atom is -0.265 e. The second-order valence-corrected chi connectivity index (χ2v) is 4.69. The van der Waals surface area contributed by atoms with Gasteiger partial charge in [0.2, 0.25) is 0 Å². The lowest BCUT2D eigenvalue weighted by Gasteiger charge is -2.25. The molecule has 1 unspecified atom stereocenters. The maximum absolute atomic E-state index is 9.27. The van der Waals surface area contributed by atoms with Gasteiger partial charge in [0.25, 0.3) is 0 Å². The Hall–Kier alpha value is -1.36. The van der Waals surface area contributed by atoms with Crippen molar-refractivity contribution in [2.75, 3.05) is 0 Å². The van der Waals surface area contributed by atoms with E-state index in [4.69, 9.17) is 0 Å². The fourth-order valence-electron chi connectivity index (χ4n) is 2.63. The van der Waals surface area contributed by atoms with E-state index >= 15 is 0 Å². The maximum Gasteiger partial charge on any atom is 0.0662 e. The molecule has 2 rings (SSSR count). The number of rotatable bonds is 3. The van der Waals surface area contributed by atoms with Crippen LogP contribution in [0.4, 0.5) is 0 Å². The molecular weight excluding hydrogens is 196 g/mol. The van der Waals surface area contributed by atoms with Crippen LogP contribution in [0, 0.1) is 23.2 Å². The molecule has 1 aliphatic carbocycles. The Bertz CT molecular complexity index is 347. The largest absolute Gasteiger partial charge is 0.265 e. The highest BCUT2D eigenvalue weighted by Crippen LogP contribution is 2.31. The monoisotopic (exact) mass is 214 g/mol. The third kappa shape index (κ3) is 2.82. The molecule has 0 radical (unpaired) electrons. The predicted molar refractivity (Wildman–Crippen MR) is 63.6 cm³/mol. The molecule has 0 spiro atoms. The minimum absolute atomic E-state index is 0.197. The molecule has 16 heavy (non-hydrogen) atoms. The molecule has 1 atom stereocenters. The van der Waals surface area contributed by atoms with Crippen LogP contribution in [-0.2, 0) is 6.42 Å². The van der Waals surface area contributed by atoms with E-state index in [1.165, 1.54) is 37.7 Å². The van der Waals surface area contributed by atoms with Gasteiger partial charge in [-0.25, -0.2) is 0 Å². The van der Waals surface area contributed by atoms with Crippen LogP contribution in [0.2, 0.25) is 0 Å². The molecule has 0 aromatic carbocycles. The molecule has 0 N–H and O–H groups in total. The Labute approximate surface area is 97.3 Å². The predicted octanol–water partition coefficient (Wildman–Crippen LogP) is 3.34. The number of nitriles is 1. The highest BCUT2D eigenvalue weighted by Gasteiger charge is 2.23. The first-order valence-corrected chi connectivity index (χ1v) is 6.18. The Morgan fingerprint density at radius 3 is 2.56 bits per heavy atom. The number of aromatic nitrogens is 1. The molecule has 0 amide bonds. The lowest BCUT2D eigenvalue weighted by Crippen LogP contribution is -2.18. The number of nitrogens with zero attached hydrogens (tertiary/aromatic N) is 2. The van der Waals surface area contributed by atoms with Crippen molar-refractivity contribution in [3.8, 4) is 6.07 Å². The molecule has 1 fully saturated rings. The second kappa shape index (κ2) is 5.65. The maximum atomic E-state index is 9.27. The first kappa shape index (κ1) is 11.1. The summed E-state index contributed by atoms with van der Waals surface area (Å²) in [5.41, 5.74) is 1.24. The molecule has 0 saturated heterocycles. The van der Waals surface area contributed by atoms with Gasteiger partial charge in [-0.1, -0.05) is 19.3 Å². The summed E-state index contributed by atoms with van der Waals surface area (Å²) < 4.78 is 0. The van der Waals surface area contributed by atoms with E-state index in [9.17, 15) is 5.26 Å². The number of hydrogen-bond acceptors (Lipinski definition) is 2. The van der Waals surface area contributed by atoms with Gasteiger partial charge in [-0.3, -0.25) is 4.98 Å². The summed E-state index contributed by atoms with van der Waals surface area (Å²) in [5.74, 6) is 0.814. The van der Waals surface area contributed by atoms with Gasteiger partial charge in [-0.05, 0) is 42.9 Å². The van der Waals surface area contributed by atoms with Crippen LogP contribution >= 0.6 is 0 Å². The van der Waals surface area contributed by atoms with E-state index in [-0.39, 0.29) is 5.92 Å². The zero-order chi connectivity index (χ0) is 11.2. The van der Waals surface area contributed by atoms with Gasteiger partial charge in [0, 0.05) is 12.4 Å². The molecule has 2 nitrogen and oxygen atoms in total. The van der Waals surface area contributed by atoms with Crippen molar-refractivity contribution in [1.29, 1.82) is 5.26 Å². The van der Waals surface area contributed by atoms with Gasteiger partial charge in [-0.15, -0.1) is 0 Å². The van der Waals surface area contributed by atoms with Crippen molar-refractivity contribution in [1.82, 2.24) is 4.98 Å². The van der Waals surface area contributed by atoms with E-state index in [0.717, 1.165) is 6.42 Å². The minimum atomic E-state index is 0.197. The summed E-state index contributed by atoms with van der Waals surface area (Å²) in [5, 5.41) is 9.27. The van der Waals surface area contributed by atoms with Gasteiger partial charge >= 0.3 is 0 Å². The first-order valence-electron chi connectivity index (χ1n) is 6.18. The van der Waals surface area contributed by atoms with Crippen molar-refractivity contribution >= 4 is 0 Å². The first-order chi connectivity index (χ1) is 7.90. The lowest BCUT2D eigenvalue weighted by molar-refractivity contribution is 0.290. The SMILES string of the molecule is N#CC(Cc1ccncc1)C1CCCCC1. The van der Waals surface area contributed by atoms with E-state index < -0.39 is 0 Å². The summed E-state index contributed by atoms with van der Waals surface area (Å²) >= 11 is 0. The molecule has 0 aliphatic heterocycles. The fourth-order valence-corrected chi connectivity index (χ4v) is 2.63. The van der Waals surface area contributed by atoms with Gasteiger partial charge in [-0.2, -0.15) is 5.26 Å². The molecule has 1 aliphatic rings. The van der Waals surface area contributed by atoms with Gasteiger partial charge in [0.05, 0.1) is 12.0 Å². The van der Waals surface area contributed by atoms with Crippen molar-refractivity contribution < 1.29 is 0 Å². The second-order valence-electron chi connectivity index (χ2n) is 4.69. The van der Waals surface area contributed by atoms with Crippen LogP contribution in [0.3, 0.4) is 0 Å². The zero-order valence-electron chi connectivity index (χ0n) is 9.60. The smallest absolute Gasteiger partial charge is 0.0662 e. The molecule has 1 aromatic heterocycles.